The highest BCUT2D eigenvalue weighted by Gasteiger charge is 2.21. The van der Waals surface area contributed by atoms with Crippen molar-refractivity contribution in [3.63, 3.8) is 0 Å². The van der Waals surface area contributed by atoms with Crippen LogP contribution in [0.1, 0.15) is 5.56 Å². The predicted octanol–water partition coefficient (Wildman–Crippen LogP) is 0.319. The molecule has 2 aromatic rings. The summed E-state index contributed by atoms with van der Waals surface area (Å²) in [6, 6.07) is 10.4. The molecule has 1 N–H and O–H groups in total. The molecular formula is C16H22N6O2S. The zero-order valence-corrected chi connectivity index (χ0v) is 15.0. The largest absolute Gasteiger partial charge is 0.374 e. The van der Waals surface area contributed by atoms with Gasteiger partial charge in [0.15, 0.2) is 0 Å². The molecule has 3 rings (SSSR count). The van der Waals surface area contributed by atoms with Gasteiger partial charge in [0.2, 0.25) is 11.1 Å². The van der Waals surface area contributed by atoms with Gasteiger partial charge >= 0.3 is 0 Å². The van der Waals surface area contributed by atoms with Gasteiger partial charge in [0.25, 0.3) is 0 Å². The lowest BCUT2D eigenvalue weighted by Gasteiger charge is -2.33. The van der Waals surface area contributed by atoms with Gasteiger partial charge in [0.05, 0.1) is 18.5 Å². The second kappa shape index (κ2) is 8.93. The first kappa shape index (κ1) is 17.8. The van der Waals surface area contributed by atoms with Crippen molar-refractivity contribution in [2.45, 2.75) is 17.8 Å². The average Bonchev–Trinajstić information content (AvgIpc) is 3.04. The summed E-state index contributed by atoms with van der Waals surface area (Å²) < 4.78 is 7.31. The van der Waals surface area contributed by atoms with Gasteiger partial charge in [-0.2, -0.15) is 0 Å². The minimum atomic E-state index is -0.0446. The molecule has 1 amide bonds. The Balaban J connectivity index is 1.39. The first-order valence-electron chi connectivity index (χ1n) is 8.20. The zero-order valence-electron chi connectivity index (χ0n) is 14.2. The Bertz CT molecular complexity index is 680. The quantitative estimate of drug-likeness (QED) is 0.710. The van der Waals surface area contributed by atoms with Gasteiger partial charge < -0.3 is 10.1 Å². The molecule has 1 aliphatic heterocycles. The fourth-order valence-electron chi connectivity index (χ4n) is 2.64. The monoisotopic (exact) mass is 362 g/mol. The molecule has 1 fully saturated rings. The minimum Gasteiger partial charge on any atom is -0.374 e. The topological polar surface area (TPSA) is 85.2 Å². The number of ether oxygens (including phenoxy) is 1. The Hall–Kier alpha value is -1.97. The van der Waals surface area contributed by atoms with Crippen LogP contribution in [-0.2, 0) is 23.1 Å². The van der Waals surface area contributed by atoms with E-state index in [1.165, 1.54) is 17.3 Å². The lowest BCUT2D eigenvalue weighted by Crippen LogP contribution is -2.47. The Morgan fingerprint density at radius 3 is 3.00 bits per heavy atom. The van der Waals surface area contributed by atoms with Gasteiger partial charge in [-0.1, -0.05) is 42.1 Å². The fraction of sp³-hybridized carbons (Fsp3) is 0.500. The molecule has 0 saturated carbocycles. The number of carbonyl (C=O) groups is 1. The molecule has 1 saturated heterocycles. The Kier molecular flexibility index (Phi) is 6.37. The first-order valence-corrected chi connectivity index (χ1v) is 9.19. The van der Waals surface area contributed by atoms with Crippen LogP contribution in [0.15, 0.2) is 35.5 Å². The summed E-state index contributed by atoms with van der Waals surface area (Å²) in [5.41, 5.74) is 1.29. The van der Waals surface area contributed by atoms with Gasteiger partial charge in [-0.05, 0) is 16.0 Å². The fourth-order valence-corrected chi connectivity index (χ4v) is 3.32. The van der Waals surface area contributed by atoms with Crippen molar-refractivity contribution in [1.82, 2.24) is 30.4 Å². The van der Waals surface area contributed by atoms with Gasteiger partial charge in [-0.15, -0.1) is 5.10 Å². The summed E-state index contributed by atoms with van der Waals surface area (Å²) in [6.07, 6.45) is 0.0166. The SMILES string of the molecule is Cn1nnnc1SCC(=O)NC[C@H]1CN(Cc2ccccc2)CCO1. The molecule has 0 bridgehead atoms. The van der Waals surface area contributed by atoms with Crippen LogP contribution in [0.3, 0.4) is 0 Å². The molecule has 1 atom stereocenters. The summed E-state index contributed by atoms with van der Waals surface area (Å²) >= 11 is 1.31. The van der Waals surface area contributed by atoms with Crippen LogP contribution in [-0.4, -0.2) is 69.1 Å². The molecule has 1 aromatic heterocycles. The summed E-state index contributed by atoms with van der Waals surface area (Å²) in [5, 5.41) is 14.7. The number of benzene rings is 1. The second-order valence-electron chi connectivity index (χ2n) is 5.89. The number of rotatable bonds is 7. The highest BCUT2D eigenvalue weighted by atomic mass is 32.2. The summed E-state index contributed by atoms with van der Waals surface area (Å²) in [7, 11) is 1.75. The molecule has 134 valence electrons. The molecule has 0 unspecified atom stereocenters. The smallest absolute Gasteiger partial charge is 0.230 e. The lowest BCUT2D eigenvalue weighted by atomic mass is 10.2. The van der Waals surface area contributed by atoms with E-state index in [-0.39, 0.29) is 17.8 Å². The highest BCUT2D eigenvalue weighted by Crippen LogP contribution is 2.12. The van der Waals surface area contributed by atoms with Crippen LogP contribution in [0.25, 0.3) is 0 Å². The van der Waals surface area contributed by atoms with Crippen LogP contribution in [0.5, 0.6) is 0 Å². The third-order valence-corrected chi connectivity index (χ3v) is 4.92. The molecule has 1 aromatic carbocycles. The third-order valence-electron chi connectivity index (χ3n) is 3.91. The summed E-state index contributed by atoms with van der Waals surface area (Å²) in [6.45, 7) is 3.84. The van der Waals surface area contributed by atoms with Crippen molar-refractivity contribution in [3.8, 4) is 0 Å². The van der Waals surface area contributed by atoms with Crippen LogP contribution in [0, 0.1) is 0 Å². The number of hydrogen-bond donors (Lipinski definition) is 1. The molecule has 8 nitrogen and oxygen atoms in total. The second-order valence-corrected chi connectivity index (χ2v) is 6.83. The molecule has 1 aliphatic rings. The standard InChI is InChI=1S/C16H22N6O2S/c1-21-16(18-19-20-21)25-12-15(23)17-9-14-11-22(7-8-24-14)10-13-5-3-2-4-6-13/h2-6,14H,7-12H2,1H3,(H,17,23)/t14-/m0/s1. The molecular weight excluding hydrogens is 340 g/mol. The molecule has 9 heteroatoms. The van der Waals surface area contributed by atoms with Gasteiger partial charge in [0, 0.05) is 33.2 Å². The van der Waals surface area contributed by atoms with E-state index in [1.54, 1.807) is 11.7 Å². The molecule has 25 heavy (non-hydrogen) atoms. The predicted molar refractivity (Wildman–Crippen MR) is 94.0 cm³/mol. The van der Waals surface area contributed by atoms with Crippen molar-refractivity contribution in [2.24, 2.45) is 7.05 Å². The Labute approximate surface area is 150 Å². The number of aromatic nitrogens is 4. The Morgan fingerprint density at radius 1 is 1.40 bits per heavy atom. The van der Waals surface area contributed by atoms with E-state index in [1.807, 2.05) is 6.07 Å². The number of amides is 1. The molecule has 0 radical (unpaired) electrons. The maximum absolute atomic E-state index is 12.0. The highest BCUT2D eigenvalue weighted by molar-refractivity contribution is 7.99. The van der Waals surface area contributed by atoms with Gasteiger partial charge in [0.1, 0.15) is 0 Å². The van der Waals surface area contributed by atoms with Crippen molar-refractivity contribution < 1.29 is 9.53 Å². The van der Waals surface area contributed by atoms with Crippen molar-refractivity contribution >= 4 is 17.7 Å². The molecule has 2 heterocycles. The van der Waals surface area contributed by atoms with E-state index >= 15 is 0 Å². The number of nitrogens with one attached hydrogen (secondary N) is 1. The maximum Gasteiger partial charge on any atom is 0.230 e. The number of hydrogen-bond acceptors (Lipinski definition) is 7. The zero-order chi connectivity index (χ0) is 17.5. The molecule has 0 aliphatic carbocycles. The maximum atomic E-state index is 12.0. The third kappa shape index (κ3) is 5.52. The van der Waals surface area contributed by atoms with E-state index in [4.69, 9.17) is 4.74 Å². The van der Waals surface area contributed by atoms with Crippen molar-refractivity contribution in [2.75, 3.05) is 32.0 Å². The first-order chi connectivity index (χ1) is 12.2. The van der Waals surface area contributed by atoms with Crippen LogP contribution in [0.2, 0.25) is 0 Å². The number of morpholine rings is 1. The summed E-state index contributed by atoms with van der Waals surface area (Å²) in [4.78, 5) is 14.3. The molecule has 0 spiro atoms. The number of carbonyl (C=O) groups excluding carboxylic acids is 1. The van der Waals surface area contributed by atoms with Gasteiger partial charge in [-0.3, -0.25) is 9.69 Å². The van der Waals surface area contributed by atoms with Crippen molar-refractivity contribution in [1.29, 1.82) is 0 Å². The van der Waals surface area contributed by atoms with Gasteiger partial charge in [-0.25, -0.2) is 4.68 Å². The van der Waals surface area contributed by atoms with E-state index in [0.717, 1.165) is 19.6 Å². The van der Waals surface area contributed by atoms with Crippen LogP contribution >= 0.6 is 11.8 Å². The van der Waals surface area contributed by atoms with E-state index in [9.17, 15) is 4.79 Å². The number of nitrogens with zero attached hydrogens (tertiary/aromatic N) is 5. The summed E-state index contributed by atoms with van der Waals surface area (Å²) in [5.74, 6) is 0.242. The van der Waals surface area contributed by atoms with E-state index in [2.05, 4.69) is 50.0 Å². The average molecular weight is 362 g/mol. The number of thioether (sulfide) groups is 1. The number of aryl methyl sites for hydroxylation is 1. The van der Waals surface area contributed by atoms with Crippen LogP contribution < -0.4 is 5.32 Å². The van der Waals surface area contributed by atoms with Crippen LogP contribution in [0.4, 0.5) is 0 Å². The van der Waals surface area contributed by atoms with E-state index < -0.39 is 0 Å². The minimum absolute atomic E-state index is 0.0166. The lowest BCUT2D eigenvalue weighted by molar-refractivity contribution is -0.119. The number of tetrazole rings is 1. The van der Waals surface area contributed by atoms with E-state index in [0.29, 0.717) is 18.3 Å². The Morgan fingerprint density at radius 2 is 2.24 bits per heavy atom. The normalized spacial score (nSPS) is 18.2. The van der Waals surface area contributed by atoms with Crippen molar-refractivity contribution in [3.05, 3.63) is 35.9 Å².